The van der Waals surface area contributed by atoms with Crippen molar-refractivity contribution in [1.29, 1.82) is 0 Å². The van der Waals surface area contributed by atoms with Crippen LogP contribution in [0.25, 0.3) is 0 Å². The van der Waals surface area contributed by atoms with Gasteiger partial charge in [0.2, 0.25) is 17.7 Å². The number of carboxylic acids is 2. The fourth-order valence-corrected chi connectivity index (χ4v) is 2.94. The summed E-state index contributed by atoms with van der Waals surface area (Å²) in [6, 6.07) is 4.26. The molecule has 0 bridgehead atoms. The summed E-state index contributed by atoms with van der Waals surface area (Å²) in [5.74, 6) is -4.95. The highest BCUT2D eigenvalue weighted by Crippen LogP contribution is 2.08. The second kappa shape index (κ2) is 13.2. The molecule has 0 fully saturated rings. The summed E-state index contributed by atoms with van der Waals surface area (Å²) in [7, 11) is 0. The lowest BCUT2D eigenvalue weighted by atomic mass is 10.0. The zero-order valence-corrected chi connectivity index (χ0v) is 18.9. The maximum Gasteiger partial charge on any atom is 0.326 e. The number of amides is 3. The third-order valence-electron chi connectivity index (χ3n) is 4.84. The normalized spacial score (nSPS) is 14.5. The van der Waals surface area contributed by atoms with E-state index >= 15 is 0 Å². The highest BCUT2D eigenvalue weighted by molar-refractivity contribution is 5.94. The molecule has 0 saturated heterocycles. The Balaban J connectivity index is 2.95. The van der Waals surface area contributed by atoms with Gasteiger partial charge in [-0.3, -0.25) is 19.2 Å². The number of rotatable bonds is 13. The maximum absolute atomic E-state index is 12.9. The van der Waals surface area contributed by atoms with Gasteiger partial charge in [0, 0.05) is 12.8 Å². The van der Waals surface area contributed by atoms with Crippen LogP contribution in [0.4, 0.5) is 0 Å². The lowest BCUT2D eigenvalue weighted by molar-refractivity contribution is -0.142. The fourth-order valence-electron chi connectivity index (χ4n) is 2.94. The van der Waals surface area contributed by atoms with Crippen LogP contribution in [0.3, 0.4) is 0 Å². The number of benzene rings is 1. The van der Waals surface area contributed by atoms with E-state index in [1.54, 1.807) is 44.2 Å². The largest absolute Gasteiger partial charge is 0.481 e. The molecule has 1 aromatic rings. The van der Waals surface area contributed by atoms with E-state index < -0.39 is 66.2 Å². The summed E-state index contributed by atoms with van der Waals surface area (Å²) < 4.78 is 0. The summed E-state index contributed by atoms with van der Waals surface area (Å²) in [6.07, 6.45) is -0.557. The number of aliphatic carboxylic acids is 2. The first kappa shape index (κ1) is 27.6. The summed E-state index contributed by atoms with van der Waals surface area (Å²) in [6.45, 7) is 4.72. The van der Waals surface area contributed by atoms with Gasteiger partial charge in [-0.2, -0.15) is 0 Å². The molecule has 7 N–H and O–H groups in total. The molecular formula is C22H32N4O7. The van der Waals surface area contributed by atoms with E-state index in [0.29, 0.717) is 5.56 Å². The Morgan fingerprint density at radius 1 is 0.848 bits per heavy atom. The topological polar surface area (TPSA) is 188 Å². The first-order valence-corrected chi connectivity index (χ1v) is 10.6. The number of carboxylic acid groups (broad SMARTS) is 2. The second-order valence-corrected chi connectivity index (χ2v) is 8.10. The van der Waals surface area contributed by atoms with Gasteiger partial charge in [0.05, 0.1) is 6.04 Å². The first-order valence-electron chi connectivity index (χ1n) is 10.6. The Hall–Kier alpha value is -3.47. The third-order valence-corrected chi connectivity index (χ3v) is 4.84. The van der Waals surface area contributed by atoms with Crippen LogP contribution in [-0.2, 0) is 30.4 Å². The van der Waals surface area contributed by atoms with Crippen molar-refractivity contribution < 1.29 is 34.2 Å². The molecule has 4 unspecified atom stereocenters. The average molecular weight is 465 g/mol. The summed E-state index contributed by atoms with van der Waals surface area (Å²) >= 11 is 0. The number of carbonyl (C=O) groups is 5. The van der Waals surface area contributed by atoms with Crippen LogP contribution in [0.15, 0.2) is 30.3 Å². The maximum atomic E-state index is 12.9. The quantitative estimate of drug-likeness (QED) is 0.228. The molecule has 0 saturated carbocycles. The summed E-state index contributed by atoms with van der Waals surface area (Å²) in [5, 5.41) is 25.8. The predicted molar refractivity (Wildman–Crippen MR) is 119 cm³/mol. The lowest BCUT2D eigenvalue weighted by Crippen LogP contribution is -2.58. The smallest absolute Gasteiger partial charge is 0.326 e. The molecule has 0 spiro atoms. The first-order chi connectivity index (χ1) is 15.4. The van der Waals surface area contributed by atoms with Crippen molar-refractivity contribution in [3.8, 4) is 0 Å². The van der Waals surface area contributed by atoms with Gasteiger partial charge in [-0.05, 0) is 24.8 Å². The van der Waals surface area contributed by atoms with E-state index in [0.717, 1.165) is 0 Å². The Morgan fingerprint density at radius 2 is 1.42 bits per heavy atom. The minimum atomic E-state index is -1.23. The molecule has 182 valence electrons. The molecule has 1 rings (SSSR count). The second-order valence-electron chi connectivity index (χ2n) is 8.10. The number of nitrogens with two attached hydrogens (primary N) is 1. The van der Waals surface area contributed by atoms with E-state index in [4.69, 9.17) is 10.8 Å². The number of nitrogens with one attached hydrogen (secondary N) is 3. The Bertz CT molecular complexity index is 842. The molecule has 0 heterocycles. The van der Waals surface area contributed by atoms with Crippen molar-refractivity contribution in [3.05, 3.63) is 35.9 Å². The van der Waals surface area contributed by atoms with E-state index in [1.165, 1.54) is 6.92 Å². The molecule has 0 aromatic heterocycles. The van der Waals surface area contributed by atoms with Crippen LogP contribution in [0.5, 0.6) is 0 Å². The van der Waals surface area contributed by atoms with E-state index in [-0.39, 0.29) is 12.8 Å². The van der Waals surface area contributed by atoms with E-state index in [2.05, 4.69) is 16.0 Å². The highest BCUT2D eigenvalue weighted by atomic mass is 16.4. The monoisotopic (exact) mass is 464 g/mol. The van der Waals surface area contributed by atoms with E-state index in [9.17, 15) is 29.1 Å². The van der Waals surface area contributed by atoms with Gasteiger partial charge in [0.1, 0.15) is 18.1 Å². The third kappa shape index (κ3) is 9.69. The Labute approximate surface area is 192 Å². The average Bonchev–Trinajstić information content (AvgIpc) is 2.74. The van der Waals surface area contributed by atoms with Crippen molar-refractivity contribution in [2.75, 3.05) is 0 Å². The Kier molecular flexibility index (Phi) is 11.0. The van der Waals surface area contributed by atoms with E-state index in [1.807, 2.05) is 0 Å². The fraction of sp³-hybridized carbons (Fsp3) is 0.500. The van der Waals surface area contributed by atoms with Gasteiger partial charge < -0.3 is 31.9 Å². The zero-order chi connectivity index (χ0) is 25.1. The van der Waals surface area contributed by atoms with Crippen LogP contribution in [0.2, 0.25) is 0 Å². The van der Waals surface area contributed by atoms with Gasteiger partial charge in [-0.1, -0.05) is 44.2 Å². The van der Waals surface area contributed by atoms with Crippen LogP contribution >= 0.6 is 0 Å². The lowest BCUT2D eigenvalue weighted by Gasteiger charge is -2.27. The van der Waals surface area contributed by atoms with Gasteiger partial charge in [0.25, 0.3) is 0 Å². The van der Waals surface area contributed by atoms with Gasteiger partial charge >= 0.3 is 11.9 Å². The highest BCUT2D eigenvalue weighted by Gasteiger charge is 2.31. The molecular weight excluding hydrogens is 432 g/mol. The molecule has 4 atom stereocenters. The molecule has 1 aromatic carbocycles. The van der Waals surface area contributed by atoms with Crippen molar-refractivity contribution in [3.63, 3.8) is 0 Å². The molecule has 11 nitrogen and oxygen atoms in total. The Morgan fingerprint density at radius 3 is 1.91 bits per heavy atom. The standard InChI is InChI=1S/C22H32N4O7/c1-12(2)18(21(31)25-16(22(32)33)11-14-7-5-4-6-8-14)26-20(30)15(9-10-17(27)28)24-19(29)13(3)23/h4-8,12-13,15-16,18H,9-11,23H2,1-3H3,(H,24,29)(H,25,31)(H,26,30)(H,27,28)(H,32,33). The van der Waals surface area contributed by atoms with Crippen molar-refractivity contribution in [2.24, 2.45) is 11.7 Å². The van der Waals surface area contributed by atoms with Crippen LogP contribution in [0, 0.1) is 5.92 Å². The molecule has 3 amide bonds. The molecule has 0 aliphatic rings. The van der Waals surface area contributed by atoms with Crippen molar-refractivity contribution in [2.45, 2.75) is 64.2 Å². The minimum absolute atomic E-state index is 0.0480. The van der Waals surface area contributed by atoms with Gasteiger partial charge in [-0.25, -0.2) is 4.79 Å². The zero-order valence-electron chi connectivity index (χ0n) is 18.9. The predicted octanol–water partition coefficient (Wildman–Crippen LogP) is -0.364. The number of hydrogen-bond acceptors (Lipinski definition) is 6. The number of hydrogen-bond donors (Lipinski definition) is 6. The number of carbonyl (C=O) groups excluding carboxylic acids is 3. The van der Waals surface area contributed by atoms with Gasteiger partial charge in [0.15, 0.2) is 0 Å². The SMILES string of the molecule is CC(N)C(=O)NC(CCC(=O)O)C(=O)NC(C(=O)NC(Cc1ccccc1)C(=O)O)C(C)C. The molecule has 11 heteroatoms. The van der Waals surface area contributed by atoms with Crippen LogP contribution < -0.4 is 21.7 Å². The summed E-state index contributed by atoms with van der Waals surface area (Å²) in [5.41, 5.74) is 6.22. The molecule has 0 aliphatic carbocycles. The van der Waals surface area contributed by atoms with Gasteiger partial charge in [-0.15, -0.1) is 0 Å². The summed E-state index contributed by atoms with van der Waals surface area (Å²) in [4.78, 5) is 60.2. The molecule has 33 heavy (non-hydrogen) atoms. The van der Waals surface area contributed by atoms with Crippen LogP contribution in [0.1, 0.15) is 39.2 Å². The molecule has 0 radical (unpaired) electrons. The van der Waals surface area contributed by atoms with Crippen molar-refractivity contribution in [1.82, 2.24) is 16.0 Å². The molecule has 0 aliphatic heterocycles. The van der Waals surface area contributed by atoms with Crippen LogP contribution in [-0.4, -0.2) is 64.0 Å². The van der Waals surface area contributed by atoms with Crippen molar-refractivity contribution >= 4 is 29.7 Å². The minimum Gasteiger partial charge on any atom is -0.481 e.